The number of hydrogen-bond acceptors (Lipinski definition) is 5. The SMILES string of the molecule is CNC1COCC1C(=O)N[C@H](C(=O)O)[C@@H](C)O. The normalized spacial score (nSPS) is 27.5. The maximum atomic E-state index is 11.8. The van der Waals surface area contributed by atoms with E-state index in [9.17, 15) is 14.7 Å². The minimum absolute atomic E-state index is 0.126. The smallest absolute Gasteiger partial charge is 0.328 e. The van der Waals surface area contributed by atoms with E-state index in [1.807, 2.05) is 0 Å². The van der Waals surface area contributed by atoms with Gasteiger partial charge in [-0.1, -0.05) is 0 Å². The van der Waals surface area contributed by atoms with Gasteiger partial charge in [-0.05, 0) is 14.0 Å². The Morgan fingerprint density at radius 2 is 2.06 bits per heavy atom. The second-order valence-electron chi connectivity index (χ2n) is 4.10. The van der Waals surface area contributed by atoms with Crippen molar-refractivity contribution < 1.29 is 24.5 Å². The number of hydrogen-bond donors (Lipinski definition) is 4. The van der Waals surface area contributed by atoms with Crippen molar-refractivity contribution in [1.29, 1.82) is 0 Å². The van der Waals surface area contributed by atoms with Gasteiger partial charge in [-0.3, -0.25) is 4.79 Å². The van der Waals surface area contributed by atoms with Crippen molar-refractivity contribution in [3.8, 4) is 0 Å². The third-order valence-corrected chi connectivity index (χ3v) is 2.83. The Morgan fingerprint density at radius 1 is 1.41 bits per heavy atom. The number of aliphatic hydroxyl groups excluding tert-OH is 1. The zero-order valence-electron chi connectivity index (χ0n) is 9.84. The molecule has 0 saturated carbocycles. The van der Waals surface area contributed by atoms with Crippen LogP contribution in [0.4, 0.5) is 0 Å². The molecule has 7 heteroatoms. The van der Waals surface area contributed by atoms with Crippen LogP contribution in [0.2, 0.25) is 0 Å². The summed E-state index contributed by atoms with van der Waals surface area (Å²) >= 11 is 0. The largest absolute Gasteiger partial charge is 0.480 e. The lowest BCUT2D eigenvalue weighted by atomic mass is 10.0. The Morgan fingerprint density at radius 3 is 2.53 bits per heavy atom. The molecule has 0 aromatic heterocycles. The molecule has 0 aromatic carbocycles. The highest BCUT2D eigenvalue weighted by Gasteiger charge is 2.35. The molecule has 98 valence electrons. The van der Waals surface area contributed by atoms with Crippen molar-refractivity contribution >= 4 is 11.9 Å². The van der Waals surface area contributed by atoms with Gasteiger partial charge >= 0.3 is 5.97 Å². The van der Waals surface area contributed by atoms with Crippen LogP contribution < -0.4 is 10.6 Å². The fraction of sp³-hybridized carbons (Fsp3) is 0.800. The summed E-state index contributed by atoms with van der Waals surface area (Å²) in [5, 5.41) is 23.3. The summed E-state index contributed by atoms with van der Waals surface area (Å²) in [5.41, 5.74) is 0. The molecular weight excluding hydrogens is 228 g/mol. The second-order valence-corrected chi connectivity index (χ2v) is 4.10. The maximum Gasteiger partial charge on any atom is 0.328 e. The molecule has 0 radical (unpaired) electrons. The van der Waals surface area contributed by atoms with E-state index in [0.717, 1.165) is 0 Å². The van der Waals surface area contributed by atoms with Crippen molar-refractivity contribution in [2.24, 2.45) is 5.92 Å². The molecule has 1 aliphatic rings. The van der Waals surface area contributed by atoms with Crippen LogP contribution in [0.1, 0.15) is 6.92 Å². The van der Waals surface area contributed by atoms with Gasteiger partial charge in [0.2, 0.25) is 5.91 Å². The fourth-order valence-electron chi connectivity index (χ4n) is 1.75. The van der Waals surface area contributed by atoms with Crippen LogP contribution in [0.3, 0.4) is 0 Å². The number of aliphatic carboxylic acids is 1. The number of carboxylic acids is 1. The number of ether oxygens (including phenoxy) is 1. The molecule has 1 aliphatic heterocycles. The molecule has 1 amide bonds. The van der Waals surface area contributed by atoms with E-state index < -0.39 is 29.9 Å². The maximum absolute atomic E-state index is 11.8. The minimum Gasteiger partial charge on any atom is -0.480 e. The van der Waals surface area contributed by atoms with Crippen LogP contribution in [0.25, 0.3) is 0 Å². The van der Waals surface area contributed by atoms with Crippen molar-refractivity contribution in [3.63, 3.8) is 0 Å². The van der Waals surface area contributed by atoms with Gasteiger partial charge in [0.1, 0.15) is 0 Å². The highest BCUT2D eigenvalue weighted by molar-refractivity contribution is 5.86. The number of amides is 1. The molecule has 1 heterocycles. The van der Waals surface area contributed by atoms with E-state index >= 15 is 0 Å². The first-order valence-electron chi connectivity index (χ1n) is 5.43. The van der Waals surface area contributed by atoms with Gasteiger partial charge in [0.25, 0.3) is 0 Å². The average molecular weight is 246 g/mol. The van der Waals surface area contributed by atoms with E-state index in [1.165, 1.54) is 6.92 Å². The number of carbonyl (C=O) groups is 2. The minimum atomic E-state index is -1.29. The monoisotopic (exact) mass is 246 g/mol. The van der Waals surface area contributed by atoms with E-state index in [2.05, 4.69) is 10.6 Å². The van der Waals surface area contributed by atoms with Crippen molar-refractivity contribution in [2.75, 3.05) is 20.3 Å². The Hall–Kier alpha value is -1.18. The molecule has 0 aromatic rings. The van der Waals surface area contributed by atoms with Crippen molar-refractivity contribution in [1.82, 2.24) is 10.6 Å². The van der Waals surface area contributed by atoms with Crippen LogP contribution in [0.5, 0.6) is 0 Å². The molecule has 0 bridgehead atoms. The van der Waals surface area contributed by atoms with Gasteiger partial charge in [0, 0.05) is 6.04 Å². The second kappa shape index (κ2) is 5.95. The third-order valence-electron chi connectivity index (χ3n) is 2.83. The van der Waals surface area contributed by atoms with E-state index in [1.54, 1.807) is 7.05 Å². The zero-order chi connectivity index (χ0) is 13.0. The molecule has 4 atom stereocenters. The summed E-state index contributed by atoms with van der Waals surface area (Å²) in [6.07, 6.45) is -1.15. The molecule has 0 spiro atoms. The standard InChI is InChI=1S/C10H18N2O5/c1-5(13)8(10(15)16)12-9(14)6-3-17-4-7(6)11-2/h5-8,11,13H,3-4H2,1-2H3,(H,12,14)(H,15,16)/t5-,6?,7?,8+/m1/s1. The predicted molar refractivity (Wildman–Crippen MR) is 58.4 cm³/mol. The van der Waals surface area contributed by atoms with Gasteiger partial charge < -0.3 is 25.6 Å². The molecule has 0 aliphatic carbocycles. The Labute approximate surface area is 99.1 Å². The van der Waals surface area contributed by atoms with Gasteiger partial charge in [0.05, 0.1) is 25.2 Å². The first-order chi connectivity index (χ1) is 7.97. The van der Waals surface area contributed by atoms with Crippen molar-refractivity contribution in [2.45, 2.75) is 25.1 Å². The van der Waals surface area contributed by atoms with Crippen LogP contribution in [-0.4, -0.2) is 60.5 Å². The average Bonchev–Trinajstić information content (AvgIpc) is 2.72. The van der Waals surface area contributed by atoms with Crippen LogP contribution >= 0.6 is 0 Å². The quantitative estimate of drug-likeness (QED) is 0.454. The third kappa shape index (κ3) is 3.39. The van der Waals surface area contributed by atoms with Crippen molar-refractivity contribution in [3.05, 3.63) is 0 Å². The number of carboxylic acid groups (broad SMARTS) is 1. The van der Waals surface area contributed by atoms with E-state index in [-0.39, 0.29) is 12.6 Å². The van der Waals surface area contributed by atoms with E-state index in [0.29, 0.717) is 6.61 Å². The Kier molecular flexibility index (Phi) is 4.86. The summed E-state index contributed by atoms with van der Waals surface area (Å²) in [7, 11) is 1.71. The summed E-state index contributed by atoms with van der Waals surface area (Å²) in [6.45, 7) is 1.99. The highest BCUT2D eigenvalue weighted by atomic mass is 16.5. The zero-order valence-corrected chi connectivity index (χ0v) is 9.84. The molecule has 2 unspecified atom stereocenters. The molecular formula is C10H18N2O5. The molecule has 17 heavy (non-hydrogen) atoms. The number of carbonyl (C=O) groups excluding carboxylic acids is 1. The number of aliphatic hydroxyl groups is 1. The molecule has 1 saturated heterocycles. The molecule has 4 N–H and O–H groups in total. The van der Waals surface area contributed by atoms with E-state index in [4.69, 9.17) is 9.84 Å². The lowest BCUT2D eigenvalue weighted by molar-refractivity contribution is -0.145. The van der Waals surface area contributed by atoms with Gasteiger partial charge in [-0.15, -0.1) is 0 Å². The molecule has 1 fully saturated rings. The molecule has 7 nitrogen and oxygen atoms in total. The van der Waals surface area contributed by atoms with Gasteiger partial charge in [0.15, 0.2) is 6.04 Å². The summed E-state index contributed by atoms with van der Waals surface area (Å²) < 4.78 is 5.15. The lowest BCUT2D eigenvalue weighted by Gasteiger charge is -2.21. The summed E-state index contributed by atoms with van der Waals surface area (Å²) in [5.74, 6) is -2.11. The van der Waals surface area contributed by atoms with Crippen LogP contribution in [0.15, 0.2) is 0 Å². The highest BCUT2D eigenvalue weighted by Crippen LogP contribution is 2.14. The number of nitrogens with one attached hydrogen (secondary N) is 2. The van der Waals surface area contributed by atoms with Gasteiger partial charge in [-0.25, -0.2) is 4.79 Å². The fourth-order valence-corrected chi connectivity index (χ4v) is 1.75. The van der Waals surface area contributed by atoms with Gasteiger partial charge in [-0.2, -0.15) is 0 Å². The number of rotatable bonds is 5. The summed E-state index contributed by atoms with van der Waals surface area (Å²) in [6, 6.07) is -1.42. The summed E-state index contributed by atoms with van der Waals surface area (Å²) in [4.78, 5) is 22.6. The first kappa shape index (κ1) is 13.9. The molecule has 1 rings (SSSR count). The Balaban J connectivity index is 2.61. The topological polar surface area (TPSA) is 108 Å². The number of likely N-dealkylation sites (N-methyl/N-ethyl adjacent to an activating group) is 1. The van der Waals surface area contributed by atoms with Crippen LogP contribution in [0, 0.1) is 5.92 Å². The first-order valence-corrected chi connectivity index (χ1v) is 5.43. The Bertz CT molecular complexity index is 294. The predicted octanol–water partition coefficient (Wildman–Crippen LogP) is -1.83. The lowest BCUT2D eigenvalue weighted by Crippen LogP contribution is -2.52. The van der Waals surface area contributed by atoms with Crippen LogP contribution in [-0.2, 0) is 14.3 Å².